The number of sulfonamides is 1. The third kappa shape index (κ3) is 7.99. The SMILES string of the molecule is Cc1cnc(C(=O)NCCc2ccc(S(=O)(=O)NC(=O)NC3CCCCC3)cc2)cn1.[Ca+2].[H-].[H-]. The molecule has 0 atom stereocenters. The number of hydrogen-bond acceptors (Lipinski definition) is 6. The average molecular weight is 488 g/mol. The van der Waals surface area contributed by atoms with Crippen molar-refractivity contribution in [1.82, 2.24) is 25.3 Å². The van der Waals surface area contributed by atoms with Gasteiger partial charge in [0.1, 0.15) is 5.69 Å². The van der Waals surface area contributed by atoms with Crippen molar-refractivity contribution in [3.8, 4) is 0 Å². The Kier molecular flexibility index (Phi) is 10.3. The molecule has 1 fully saturated rings. The number of aromatic nitrogens is 2. The number of rotatable bonds is 7. The molecule has 1 saturated carbocycles. The molecule has 3 amide bonds. The number of hydrogen-bond donors (Lipinski definition) is 3. The largest absolute Gasteiger partial charge is 2.00 e. The van der Waals surface area contributed by atoms with Crippen LogP contribution in [0.5, 0.6) is 0 Å². The van der Waals surface area contributed by atoms with Crippen LogP contribution in [-0.2, 0) is 16.4 Å². The second kappa shape index (κ2) is 12.5. The molecule has 3 N–H and O–H groups in total. The fraction of sp³-hybridized carbons (Fsp3) is 0.429. The van der Waals surface area contributed by atoms with E-state index in [1.165, 1.54) is 24.5 Å². The number of urea groups is 1. The van der Waals surface area contributed by atoms with Gasteiger partial charge in [0.2, 0.25) is 0 Å². The van der Waals surface area contributed by atoms with E-state index in [0.717, 1.165) is 43.4 Å². The Morgan fingerprint density at radius 3 is 2.38 bits per heavy atom. The van der Waals surface area contributed by atoms with Crippen molar-refractivity contribution in [3.63, 3.8) is 0 Å². The number of carbonyl (C=O) groups is 2. The third-order valence-electron chi connectivity index (χ3n) is 5.11. The van der Waals surface area contributed by atoms with Crippen molar-refractivity contribution in [2.45, 2.75) is 56.4 Å². The normalized spacial score (nSPS) is 14.2. The van der Waals surface area contributed by atoms with Gasteiger partial charge in [-0.2, -0.15) is 0 Å². The number of amides is 3. The van der Waals surface area contributed by atoms with Gasteiger partial charge in [0.15, 0.2) is 0 Å². The summed E-state index contributed by atoms with van der Waals surface area (Å²) in [5.41, 5.74) is 1.82. The van der Waals surface area contributed by atoms with E-state index in [-0.39, 0.29) is 63.1 Å². The van der Waals surface area contributed by atoms with Crippen LogP contribution in [0.2, 0.25) is 0 Å². The van der Waals surface area contributed by atoms with Gasteiger partial charge in [-0.05, 0) is 43.9 Å². The van der Waals surface area contributed by atoms with Gasteiger partial charge >= 0.3 is 43.8 Å². The van der Waals surface area contributed by atoms with Gasteiger partial charge in [-0.15, -0.1) is 0 Å². The molecule has 170 valence electrons. The van der Waals surface area contributed by atoms with Crippen molar-refractivity contribution >= 4 is 59.7 Å². The van der Waals surface area contributed by atoms with Crippen LogP contribution in [0.1, 0.15) is 56.7 Å². The zero-order chi connectivity index (χ0) is 22.3. The smallest absolute Gasteiger partial charge is 1.00 e. The number of nitrogens with zero attached hydrogens (tertiary/aromatic N) is 2. The van der Waals surface area contributed by atoms with Gasteiger partial charge in [0, 0.05) is 18.8 Å². The Balaban J connectivity index is 0.00000363. The first-order valence-electron chi connectivity index (χ1n) is 10.3. The standard InChI is InChI=1S/C21H27N5O4S.Ca.2H/c1-15-13-24-19(14-23-15)20(27)22-12-11-16-7-9-18(10-8-16)31(29,30)26-21(28)25-17-5-3-2-4-6-17;;;/h7-10,13-14,17H,2-6,11-12H2,1H3,(H,22,27)(H2,25,26,28);;;/q;+2;2*-1. The van der Waals surface area contributed by atoms with Gasteiger partial charge < -0.3 is 13.5 Å². The maximum atomic E-state index is 12.4. The molecule has 1 aromatic carbocycles. The minimum atomic E-state index is -3.95. The van der Waals surface area contributed by atoms with Gasteiger partial charge in [0.25, 0.3) is 15.9 Å². The van der Waals surface area contributed by atoms with Crippen LogP contribution in [-0.4, -0.2) is 80.6 Å². The van der Waals surface area contributed by atoms with Crippen LogP contribution < -0.4 is 15.4 Å². The van der Waals surface area contributed by atoms with Crippen LogP contribution >= 0.6 is 0 Å². The number of carbonyl (C=O) groups excluding carboxylic acids is 2. The van der Waals surface area contributed by atoms with E-state index in [1.54, 1.807) is 19.1 Å². The molecule has 0 unspecified atom stereocenters. The van der Waals surface area contributed by atoms with Crippen molar-refractivity contribution < 1.29 is 20.9 Å². The quantitative estimate of drug-likeness (QED) is 0.512. The molecule has 0 aliphatic heterocycles. The van der Waals surface area contributed by atoms with Crippen LogP contribution in [0.3, 0.4) is 0 Å². The first-order chi connectivity index (χ1) is 14.8. The summed E-state index contributed by atoms with van der Waals surface area (Å²) in [7, 11) is -3.95. The van der Waals surface area contributed by atoms with Crippen LogP contribution in [0, 0.1) is 6.92 Å². The summed E-state index contributed by atoms with van der Waals surface area (Å²) in [6.45, 7) is 2.15. The maximum Gasteiger partial charge on any atom is 2.00 e. The molecular weight excluding hydrogens is 458 g/mol. The van der Waals surface area contributed by atoms with Gasteiger partial charge in [-0.3, -0.25) is 9.78 Å². The molecule has 2 aromatic rings. The van der Waals surface area contributed by atoms with E-state index in [4.69, 9.17) is 0 Å². The summed E-state index contributed by atoms with van der Waals surface area (Å²) in [4.78, 5) is 32.2. The Morgan fingerprint density at radius 1 is 1.06 bits per heavy atom. The average Bonchev–Trinajstić information content (AvgIpc) is 2.75. The monoisotopic (exact) mass is 487 g/mol. The first kappa shape index (κ1) is 26.5. The minimum Gasteiger partial charge on any atom is -1.00 e. The van der Waals surface area contributed by atoms with Gasteiger partial charge in [0.05, 0.1) is 16.8 Å². The molecule has 1 heterocycles. The van der Waals surface area contributed by atoms with Crippen molar-refractivity contribution in [2.24, 2.45) is 0 Å². The fourth-order valence-electron chi connectivity index (χ4n) is 3.40. The van der Waals surface area contributed by atoms with E-state index < -0.39 is 16.1 Å². The molecular formula is C21H29CaN5O4S. The summed E-state index contributed by atoms with van der Waals surface area (Å²) in [6.07, 6.45) is 8.43. The molecule has 0 saturated heterocycles. The van der Waals surface area contributed by atoms with Crippen molar-refractivity contribution in [3.05, 3.63) is 53.6 Å². The molecule has 1 aromatic heterocycles. The van der Waals surface area contributed by atoms with Crippen molar-refractivity contribution in [1.29, 1.82) is 0 Å². The summed E-state index contributed by atoms with van der Waals surface area (Å²) >= 11 is 0. The molecule has 1 aliphatic carbocycles. The first-order valence-corrected chi connectivity index (χ1v) is 11.8. The Labute approximate surface area is 221 Å². The Bertz CT molecular complexity index is 1020. The van der Waals surface area contributed by atoms with E-state index in [9.17, 15) is 18.0 Å². The molecule has 1 aliphatic rings. The second-order valence-corrected chi connectivity index (χ2v) is 9.29. The minimum absolute atomic E-state index is 0. The summed E-state index contributed by atoms with van der Waals surface area (Å²) in [5.74, 6) is -0.320. The van der Waals surface area contributed by atoms with Gasteiger partial charge in [-0.25, -0.2) is 22.9 Å². The Morgan fingerprint density at radius 2 is 1.75 bits per heavy atom. The second-order valence-electron chi connectivity index (χ2n) is 7.61. The van der Waals surface area contributed by atoms with Crippen LogP contribution in [0.4, 0.5) is 4.79 Å². The number of nitrogens with one attached hydrogen (secondary N) is 3. The maximum absolute atomic E-state index is 12.4. The summed E-state index contributed by atoms with van der Waals surface area (Å²) in [6, 6.07) is 5.53. The predicted octanol–water partition coefficient (Wildman–Crippen LogP) is 1.92. The summed E-state index contributed by atoms with van der Waals surface area (Å²) in [5, 5.41) is 5.48. The molecule has 0 radical (unpaired) electrons. The zero-order valence-corrected chi connectivity index (χ0v) is 21.2. The molecule has 9 nitrogen and oxygen atoms in total. The molecule has 0 spiro atoms. The summed E-state index contributed by atoms with van der Waals surface area (Å²) < 4.78 is 26.9. The zero-order valence-electron chi connectivity index (χ0n) is 20.1. The Hall–Kier alpha value is -1.75. The van der Waals surface area contributed by atoms with E-state index in [0.29, 0.717) is 13.0 Å². The van der Waals surface area contributed by atoms with E-state index >= 15 is 0 Å². The fourth-order valence-corrected chi connectivity index (χ4v) is 4.31. The van der Waals surface area contributed by atoms with E-state index in [1.807, 2.05) is 0 Å². The molecule has 11 heteroatoms. The number of aryl methyl sites for hydroxylation is 1. The predicted molar refractivity (Wildman–Crippen MR) is 123 cm³/mol. The third-order valence-corrected chi connectivity index (χ3v) is 6.46. The number of benzene rings is 1. The van der Waals surface area contributed by atoms with Crippen molar-refractivity contribution in [2.75, 3.05) is 6.54 Å². The van der Waals surface area contributed by atoms with E-state index in [2.05, 4.69) is 25.3 Å². The topological polar surface area (TPSA) is 130 Å². The molecule has 3 rings (SSSR count). The van der Waals surface area contributed by atoms with Crippen LogP contribution in [0.25, 0.3) is 0 Å². The van der Waals surface area contributed by atoms with Crippen LogP contribution in [0.15, 0.2) is 41.6 Å². The molecule has 0 bridgehead atoms. The molecule has 32 heavy (non-hydrogen) atoms. The van der Waals surface area contributed by atoms with Gasteiger partial charge in [-0.1, -0.05) is 31.4 Å².